The molecule has 0 atom stereocenters. The first-order valence-electron chi connectivity index (χ1n) is 8.42. The molecule has 1 aliphatic heterocycles. The van der Waals surface area contributed by atoms with E-state index in [0.717, 1.165) is 32.4 Å². The number of halogens is 6. The van der Waals surface area contributed by atoms with Crippen molar-refractivity contribution in [3.63, 3.8) is 0 Å². The summed E-state index contributed by atoms with van der Waals surface area (Å²) < 4.78 is 125. The molecule has 1 fully saturated rings. The standard InChI is InChI=1S/C15H17F3NO3S.CHF3O3S/c16-15(17,18)23(20,21)22-14(13-7-3-1-4-8-13)9-12-19-10-5-2-6-11-19;2-1(3,4)8(5,6)7/h1,3-4,7-9,12H,2,5-6,10-11H2;(H,5,6,7)/q+1;/p-1/b14-9+;. The van der Waals surface area contributed by atoms with Gasteiger partial charge in [-0.1, -0.05) is 30.3 Å². The zero-order valence-corrected chi connectivity index (χ0v) is 17.2. The van der Waals surface area contributed by atoms with E-state index in [0.29, 0.717) is 0 Å². The molecule has 1 aromatic rings. The number of hydrogen-bond acceptors (Lipinski definition) is 6. The van der Waals surface area contributed by atoms with Crippen LogP contribution in [0.15, 0.2) is 36.4 Å². The van der Waals surface area contributed by atoms with Crippen LogP contribution in [0, 0.1) is 0 Å². The van der Waals surface area contributed by atoms with Crippen molar-refractivity contribution < 1.29 is 56.5 Å². The zero-order chi connectivity index (χ0) is 23.9. The smallest absolute Gasteiger partial charge is 0.534 e. The van der Waals surface area contributed by atoms with Crippen molar-refractivity contribution in [2.24, 2.45) is 0 Å². The quantitative estimate of drug-likeness (QED) is 0.158. The molecule has 0 aliphatic carbocycles. The third kappa shape index (κ3) is 8.86. The first kappa shape index (κ1) is 26.9. The second-order valence-electron chi connectivity index (χ2n) is 6.03. The third-order valence-electron chi connectivity index (χ3n) is 3.65. The van der Waals surface area contributed by atoms with E-state index in [4.69, 9.17) is 13.0 Å². The Morgan fingerprint density at radius 1 is 0.903 bits per heavy atom. The molecule has 0 unspecified atom stereocenters. The average Bonchev–Trinajstić information content (AvgIpc) is 2.64. The van der Waals surface area contributed by atoms with Gasteiger partial charge in [0.05, 0.1) is 0 Å². The molecule has 1 aromatic carbocycles. The minimum Gasteiger partial charge on any atom is -0.741 e. The summed E-state index contributed by atoms with van der Waals surface area (Å²) in [5.74, 6) is -0.353. The number of piperidine rings is 1. The van der Waals surface area contributed by atoms with Gasteiger partial charge in [0, 0.05) is 24.5 Å². The highest BCUT2D eigenvalue weighted by Crippen LogP contribution is 2.29. The zero-order valence-electron chi connectivity index (χ0n) is 15.6. The van der Waals surface area contributed by atoms with Crippen LogP contribution in [0.25, 0.3) is 5.76 Å². The summed E-state index contributed by atoms with van der Waals surface area (Å²) in [6.07, 6.45) is 5.94. The highest BCUT2D eigenvalue weighted by molar-refractivity contribution is 7.87. The summed E-state index contributed by atoms with van der Waals surface area (Å²) in [5, 5.41) is 0. The predicted octanol–water partition coefficient (Wildman–Crippen LogP) is 3.21. The molecule has 31 heavy (non-hydrogen) atoms. The Morgan fingerprint density at radius 2 is 1.39 bits per heavy atom. The highest BCUT2D eigenvalue weighted by Gasteiger charge is 2.49. The van der Waals surface area contributed by atoms with Crippen LogP contribution in [0.5, 0.6) is 0 Å². The summed E-state index contributed by atoms with van der Waals surface area (Å²) in [6.45, 7) is 1.56. The van der Waals surface area contributed by atoms with E-state index in [1.807, 2.05) is 4.58 Å². The van der Waals surface area contributed by atoms with Gasteiger partial charge in [0.2, 0.25) is 0 Å². The Kier molecular flexibility index (Phi) is 9.07. The maximum atomic E-state index is 12.5. The monoisotopic (exact) mass is 497 g/mol. The first-order valence-corrected chi connectivity index (χ1v) is 11.2. The lowest BCUT2D eigenvalue weighted by Crippen LogP contribution is -2.25. The van der Waals surface area contributed by atoms with Crippen molar-refractivity contribution in [3.8, 4) is 0 Å². The topological polar surface area (TPSA) is 104 Å². The lowest BCUT2D eigenvalue weighted by molar-refractivity contribution is -0.532. The molecule has 7 nitrogen and oxygen atoms in total. The van der Waals surface area contributed by atoms with Crippen molar-refractivity contribution in [1.29, 1.82) is 0 Å². The van der Waals surface area contributed by atoms with E-state index in [1.165, 1.54) is 18.2 Å². The Labute approximate surface area is 174 Å². The van der Waals surface area contributed by atoms with E-state index in [1.54, 1.807) is 24.4 Å². The molecule has 0 bridgehead atoms. The van der Waals surface area contributed by atoms with E-state index < -0.39 is 31.3 Å². The van der Waals surface area contributed by atoms with Crippen LogP contribution in [0.2, 0.25) is 0 Å². The molecule has 0 spiro atoms. The summed E-state index contributed by atoms with van der Waals surface area (Å²) in [6, 6.07) is 7.83. The Hall–Kier alpha value is -2.13. The van der Waals surface area contributed by atoms with Crippen molar-refractivity contribution in [2.45, 2.75) is 30.3 Å². The van der Waals surface area contributed by atoms with Gasteiger partial charge in [-0.2, -0.15) is 34.8 Å². The number of alkyl halides is 6. The van der Waals surface area contributed by atoms with Crippen LogP contribution in [0.1, 0.15) is 24.8 Å². The van der Waals surface area contributed by atoms with Crippen molar-refractivity contribution in [3.05, 3.63) is 42.0 Å². The van der Waals surface area contributed by atoms with Crippen LogP contribution in [0.3, 0.4) is 0 Å². The van der Waals surface area contributed by atoms with E-state index in [2.05, 4.69) is 4.18 Å². The summed E-state index contributed by atoms with van der Waals surface area (Å²) >= 11 is 0. The largest absolute Gasteiger partial charge is 0.741 e. The summed E-state index contributed by atoms with van der Waals surface area (Å²) in [7, 11) is -11.8. The van der Waals surface area contributed by atoms with Gasteiger partial charge in [0.1, 0.15) is 13.1 Å². The normalized spacial score (nSPS) is 16.2. The van der Waals surface area contributed by atoms with Crippen molar-refractivity contribution in [1.82, 2.24) is 0 Å². The van der Waals surface area contributed by atoms with Crippen LogP contribution < -0.4 is 0 Å². The van der Waals surface area contributed by atoms with Gasteiger partial charge in [0.15, 0.2) is 22.1 Å². The van der Waals surface area contributed by atoms with E-state index in [9.17, 15) is 34.8 Å². The molecule has 0 radical (unpaired) electrons. The summed E-state index contributed by atoms with van der Waals surface area (Å²) in [4.78, 5) is 0. The average molecular weight is 497 g/mol. The van der Waals surface area contributed by atoms with Gasteiger partial charge in [-0.05, 0) is 6.42 Å². The van der Waals surface area contributed by atoms with Crippen molar-refractivity contribution in [2.75, 3.05) is 13.1 Å². The van der Waals surface area contributed by atoms with Crippen LogP contribution >= 0.6 is 0 Å². The molecule has 176 valence electrons. The Balaban J connectivity index is 0.000000512. The molecule has 0 saturated carbocycles. The van der Waals surface area contributed by atoms with Gasteiger partial charge in [-0.15, -0.1) is 0 Å². The van der Waals surface area contributed by atoms with Gasteiger partial charge in [-0.3, -0.25) is 0 Å². The fraction of sp³-hybridized carbons (Fsp3) is 0.438. The maximum Gasteiger partial charge on any atom is 0.534 e. The number of rotatable bonds is 4. The minimum atomic E-state index is -6.09. The lowest BCUT2D eigenvalue weighted by Gasteiger charge is -2.12. The van der Waals surface area contributed by atoms with Crippen molar-refractivity contribution >= 4 is 32.2 Å². The maximum absolute atomic E-state index is 12.5. The predicted molar refractivity (Wildman–Crippen MR) is 96.1 cm³/mol. The number of allylic oxidation sites excluding steroid dienone is 1. The molecule has 0 N–H and O–H groups in total. The van der Waals surface area contributed by atoms with E-state index in [-0.39, 0.29) is 11.3 Å². The molecule has 0 amide bonds. The summed E-state index contributed by atoms with van der Waals surface area (Å²) in [5.41, 5.74) is -10.9. The molecule has 15 heteroatoms. The van der Waals surface area contributed by atoms with E-state index >= 15 is 0 Å². The molecule has 1 aliphatic rings. The Bertz CT molecular complexity index is 991. The number of hydrogen-bond donors (Lipinski definition) is 0. The van der Waals surface area contributed by atoms with Crippen LogP contribution in [-0.2, 0) is 24.4 Å². The fourth-order valence-electron chi connectivity index (χ4n) is 2.18. The minimum absolute atomic E-state index is 0.258. The fourth-order valence-corrected chi connectivity index (χ4v) is 2.66. The highest BCUT2D eigenvalue weighted by atomic mass is 32.2. The first-order chi connectivity index (χ1) is 14.0. The number of nitrogens with zero attached hydrogens (tertiary/aromatic N) is 1. The molecular formula is C16H17F6NO6S2. The molecule has 0 aromatic heterocycles. The van der Waals surface area contributed by atoms with Gasteiger partial charge in [-0.25, -0.2) is 13.0 Å². The Morgan fingerprint density at radius 3 is 1.81 bits per heavy atom. The second kappa shape index (κ2) is 10.5. The van der Waals surface area contributed by atoms with Gasteiger partial charge in [0.25, 0.3) is 0 Å². The van der Waals surface area contributed by atoms with Gasteiger partial charge < -0.3 is 8.74 Å². The third-order valence-corrected chi connectivity index (χ3v) is 5.18. The van der Waals surface area contributed by atoms with Crippen LogP contribution in [0.4, 0.5) is 26.3 Å². The molecule has 1 saturated heterocycles. The van der Waals surface area contributed by atoms with Crippen LogP contribution in [-0.4, -0.2) is 56.3 Å². The van der Waals surface area contributed by atoms with Gasteiger partial charge >= 0.3 is 21.1 Å². The second-order valence-corrected chi connectivity index (χ2v) is 8.93. The lowest BCUT2D eigenvalue weighted by atomic mass is 10.1. The number of benzene rings is 1. The molecule has 1 heterocycles. The molecule has 2 rings (SSSR count). The molecular weight excluding hydrogens is 480 g/mol. The SMILES string of the molecule is O=S(=O)(O/C(=C/C=[N+]1CCCCC1)c1ccccc1)C(F)(F)F.O=S(=O)([O-])C(F)(F)F.